The molecule has 10 nitrogen and oxygen atoms in total. The minimum Gasteiger partial charge on any atom is -0.478 e. The number of hydrogen-bond acceptors (Lipinski definition) is 8. The van der Waals surface area contributed by atoms with Crippen LogP contribution in [0.3, 0.4) is 0 Å². The van der Waals surface area contributed by atoms with E-state index in [1.54, 1.807) is 0 Å². The molecule has 0 radical (unpaired) electrons. The van der Waals surface area contributed by atoms with Gasteiger partial charge in [-0.2, -0.15) is 18.2 Å². The van der Waals surface area contributed by atoms with Crippen LogP contribution in [0.1, 0.15) is 19.5 Å². The number of carbonyl (C=O) groups is 1. The van der Waals surface area contributed by atoms with Gasteiger partial charge < -0.3 is 20.5 Å². The highest BCUT2D eigenvalue weighted by Crippen LogP contribution is 2.30. The molecule has 0 spiro atoms. The number of nitrogens with zero attached hydrogens (tertiary/aromatic N) is 2. The molecule has 0 saturated carbocycles. The van der Waals surface area contributed by atoms with E-state index in [0.29, 0.717) is 11.8 Å². The van der Waals surface area contributed by atoms with Crippen molar-refractivity contribution in [1.29, 1.82) is 0 Å². The number of rotatable bonds is 11. The van der Waals surface area contributed by atoms with Crippen molar-refractivity contribution in [2.24, 2.45) is 0 Å². The smallest absolute Gasteiger partial charge is 0.433 e. The van der Waals surface area contributed by atoms with Gasteiger partial charge in [-0.05, 0) is 62.4 Å². The van der Waals surface area contributed by atoms with Crippen molar-refractivity contribution in [2.45, 2.75) is 30.5 Å². The molecule has 0 fully saturated rings. The number of nitrogens with one attached hydrogen (secondary N) is 3. The van der Waals surface area contributed by atoms with Gasteiger partial charge in [0.2, 0.25) is 16.0 Å². The Kier molecular flexibility index (Phi) is 8.41. The average Bonchev–Trinajstić information content (AvgIpc) is 2.83. The first-order valence-corrected chi connectivity index (χ1v) is 12.4. The number of aliphatic carboxylic acids is 1. The largest absolute Gasteiger partial charge is 0.478 e. The number of benzene rings is 2. The summed E-state index contributed by atoms with van der Waals surface area (Å²) in [5, 5.41) is 14.3. The highest BCUT2D eigenvalue weighted by molar-refractivity contribution is 7.89. The van der Waals surface area contributed by atoms with Crippen LogP contribution in [0.2, 0.25) is 0 Å². The summed E-state index contributed by atoms with van der Waals surface area (Å²) >= 11 is 0. The highest BCUT2D eigenvalue weighted by Gasteiger charge is 2.34. The number of ether oxygens (including phenoxy) is 1. The van der Waals surface area contributed by atoms with Gasteiger partial charge in [-0.1, -0.05) is 0 Å². The van der Waals surface area contributed by atoms with E-state index in [4.69, 9.17) is 9.84 Å². The van der Waals surface area contributed by atoms with Gasteiger partial charge in [0, 0.05) is 24.8 Å². The number of carboxylic acids is 1. The third-order valence-electron chi connectivity index (χ3n) is 4.86. The maximum Gasteiger partial charge on any atom is 0.433 e. The molecular formula is C23H23F4N5O5S. The summed E-state index contributed by atoms with van der Waals surface area (Å²) in [5.74, 6) is -2.21. The molecular weight excluding hydrogens is 534 g/mol. The van der Waals surface area contributed by atoms with Gasteiger partial charge in [0.1, 0.15) is 17.4 Å². The van der Waals surface area contributed by atoms with Crippen LogP contribution in [-0.4, -0.2) is 48.2 Å². The molecule has 3 rings (SSSR count). The SMILES string of the molecule is CC(C)(Oc1ccc(S(=O)(=O)NCCNc2nc(Nc3ccc(F)cc3)cc(C(F)(F)F)n2)cc1)C(=O)O. The number of anilines is 3. The Balaban J connectivity index is 1.63. The van der Waals surface area contributed by atoms with Gasteiger partial charge in [0.15, 0.2) is 11.3 Å². The number of carboxylic acid groups (broad SMARTS) is 1. The lowest BCUT2D eigenvalue weighted by molar-refractivity contribution is -0.152. The normalized spacial score (nSPS) is 12.2. The second-order valence-electron chi connectivity index (χ2n) is 8.31. The first kappa shape index (κ1) is 28.6. The maximum absolute atomic E-state index is 13.3. The number of aromatic nitrogens is 2. The zero-order chi connectivity index (χ0) is 28.1. The molecule has 2 aromatic carbocycles. The summed E-state index contributed by atoms with van der Waals surface area (Å²) in [4.78, 5) is 18.4. The fraction of sp³-hybridized carbons (Fsp3) is 0.261. The van der Waals surface area contributed by atoms with Gasteiger partial charge >= 0.3 is 12.1 Å². The predicted octanol–water partition coefficient (Wildman–Crippen LogP) is 4.01. The number of sulfonamides is 1. The Labute approximate surface area is 215 Å². The van der Waals surface area contributed by atoms with Gasteiger partial charge in [-0.15, -0.1) is 0 Å². The van der Waals surface area contributed by atoms with E-state index in [-0.39, 0.29) is 29.6 Å². The predicted molar refractivity (Wildman–Crippen MR) is 129 cm³/mol. The monoisotopic (exact) mass is 557 g/mol. The molecule has 0 atom stereocenters. The minimum absolute atomic E-state index is 0.140. The lowest BCUT2D eigenvalue weighted by Crippen LogP contribution is -2.37. The summed E-state index contributed by atoms with van der Waals surface area (Å²) in [6.45, 7) is 2.28. The van der Waals surface area contributed by atoms with Crippen LogP contribution < -0.4 is 20.1 Å². The van der Waals surface area contributed by atoms with Crippen molar-refractivity contribution >= 4 is 33.4 Å². The van der Waals surface area contributed by atoms with Gasteiger partial charge in [-0.25, -0.2) is 27.3 Å². The van der Waals surface area contributed by atoms with Crippen molar-refractivity contribution in [2.75, 3.05) is 23.7 Å². The lowest BCUT2D eigenvalue weighted by atomic mass is 10.1. The summed E-state index contributed by atoms with van der Waals surface area (Å²) in [6, 6.07) is 10.6. The molecule has 1 aromatic heterocycles. The third kappa shape index (κ3) is 7.76. The fourth-order valence-electron chi connectivity index (χ4n) is 2.88. The van der Waals surface area contributed by atoms with Crippen molar-refractivity contribution in [3.05, 3.63) is 66.1 Å². The Morgan fingerprint density at radius 3 is 2.21 bits per heavy atom. The number of halogens is 4. The molecule has 0 aliphatic carbocycles. The van der Waals surface area contributed by atoms with Gasteiger partial charge in [-0.3, -0.25) is 0 Å². The molecule has 15 heteroatoms. The maximum atomic E-state index is 13.3. The van der Waals surface area contributed by atoms with Crippen molar-refractivity contribution in [3.63, 3.8) is 0 Å². The van der Waals surface area contributed by atoms with E-state index in [1.165, 1.54) is 50.2 Å². The summed E-state index contributed by atoms with van der Waals surface area (Å²) in [7, 11) is -4.00. The Hall–Kier alpha value is -3.98. The molecule has 0 amide bonds. The summed E-state index contributed by atoms with van der Waals surface area (Å²) < 4.78 is 85.7. The van der Waals surface area contributed by atoms with E-state index >= 15 is 0 Å². The zero-order valence-corrected chi connectivity index (χ0v) is 20.8. The average molecular weight is 558 g/mol. The Morgan fingerprint density at radius 2 is 1.63 bits per heavy atom. The van der Waals surface area contributed by atoms with Crippen LogP contribution >= 0.6 is 0 Å². The minimum atomic E-state index is -4.78. The quantitative estimate of drug-likeness (QED) is 0.203. The van der Waals surface area contributed by atoms with Crippen LogP contribution in [-0.2, 0) is 21.0 Å². The highest BCUT2D eigenvalue weighted by atomic mass is 32.2. The molecule has 3 aromatic rings. The molecule has 0 saturated heterocycles. The van der Waals surface area contributed by atoms with Gasteiger partial charge in [0.05, 0.1) is 4.90 Å². The van der Waals surface area contributed by atoms with Gasteiger partial charge in [0.25, 0.3) is 0 Å². The Morgan fingerprint density at radius 1 is 1.00 bits per heavy atom. The molecule has 0 aliphatic heterocycles. The zero-order valence-electron chi connectivity index (χ0n) is 20.0. The van der Waals surface area contributed by atoms with E-state index in [1.807, 2.05) is 0 Å². The first-order valence-electron chi connectivity index (χ1n) is 10.9. The van der Waals surface area contributed by atoms with Crippen LogP contribution in [0.5, 0.6) is 5.75 Å². The Bertz CT molecular complexity index is 1380. The molecule has 1 heterocycles. The number of alkyl halides is 3. The summed E-state index contributed by atoms with van der Waals surface area (Å²) in [5.41, 5.74) is -2.47. The molecule has 0 bridgehead atoms. The van der Waals surface area contributed by atoms with Crippen LogP contribution in [0, 0.1) is 5.82 Å². The molecule has 0 unspecified atom stereocenters. The fourth-order valence-corrected chi connectivity index (χ4v) is 3.92. The van der Waals surface area contributed by atoms with Crippen molar-refractivity contribution < 1.29 is 40.6 Å². The number of hydrogen-bond donors (Lipinski definition) is 4. The van der Waals surface area contributed by atoms with Crippen molar-refractivity contribution in [3.8, 4) is 5.75 Å². The molecule has 4 N–H and O–H groups in total. The second-order valence-corrected chi connectivity index (χ2v) is 10.1. The van der Waals surface area contributed by atoms with E-state index in [0.717, 1.165) is 12.1 Å². The molecule has 204 valence electrons. The van der Waals surface area contributed by atoms with E-state index in [9.17, 15) is 30.8 Å². The van der Waals surface area contributed by atoms with E-state index in [2.05, 4.69) is 25.3 Å². The van der Waals surface area contributed by atoms with Crippen LogP contribution in [0.15, 0.2) is 59.5 Å². The van der Waals surface area contributed by atoms with Crippen molar-refractivity contribution in [1.82, 2.24) is 14.7 Å². The third-order valence-corrected chi connectivity index (χ3v) is 6.33. The second kappa shape index (κ2) is 11.2. The summed E-state index contributed by atoms with van der Waals surface area (Å²) in [6.07, 6.45) is -4.78. The van der Waals surface area contributed by atoms with Crippen LogP contribution in [0.25, 0.3) is 0 Å². The molecule has 38 heavy (non-hydrogen) atoms. The molecule has 0 aliphatic rings. The van der Waals surface area contributed by atoms with Crippen LogP contribution in [0.4, 0.5) is 35.0 Å². The topological polar surface area (TPSA) is 143 Å². The first-order chi connectivity index (χ1) is 17.7. The lowest BCUT2D eigenvalue weighted by Gasteiger charge is -2.21. The standard InChI is InChI=1S/C23H23F4N5O5S/c1-22(2,20(33)34)37-16-7-9-17(10-8-16)38(35,36)29-12-11-28-21-31-18(23(25,26)27)13-19(32-21)30-15-5-3-14(24)4-6-15/h3-10,13,29H,11-12H2,1-2H3,(H,33,34)(H2,28,30,31,32). The van der Waals surface area contributed by atoms with E-state index < -0.39 is 45.2 Å².